The van der Waals surface area contributed by atoms with Crippen LogP contribution in [0.25, 0.3) is 0 Å². The quantitative estimate of drug-likeness (QED) is 0.368. The van der Waals surface area contributed by atoms with Crippen molar-refractivity contribution in [3.63, 3.8) is 0 Å². The van der Waals surface area contributed by atoms with Gasteiger partial charge in [-0.15, -0.1) is 0 Å². The van der Waals surface area contributed by atoms with E-state index in [4.69, 9.17) is 5.73 Å². The Labute approximate surface area is 196 Å². The van der Waals surface area contributed by atoms with Crippen LogP contribution in [0.2, 0.25) is 0 Å². The third kappa shape index (κ3) is 6.30. The first-order chi connectivity index (χ1) is 14.8. The van der Waals surface area contributed by atoms with Gasteiger partial charge in [-0.25, -0.2) is 0 Å². The molecule has 3 saturated carbocycles. The summed E-state index contributed by atoms with van der Waals surface area (Å²) in [6.07, 6.45) is 17.8. The number of rotatable bonds is 10. The SMILES string of the molecule is CCCC(C(C)C)C1CCC2C(CCC3CC(C(C)C)CC(CCN)C3C)CCC2C1. The van der Waals surface area contributed by atoms with Crippen molar-refractivity contribution in [1.29, 1.82) is 0 Å². The molecule has 0 radical (unpaired) electrons. The molecular weight excluding hydrogens is 374 g/mol. The van der Waals surface area contributed by atoms with Crippen molar-refractivity contribution in [2.75, 3.05) is 6.54 Å². The molecule has 0 spiro atoms. The van der Waals surface area contributed by atoms with Crippen LogP contribution < -0.4 is 5.73 Å². The van der Waals surface area contributed by atoms with Crippen LogP contribution in [-0.2, 0) is 0 Å². The molecule has 3 fully saturated rings. The van der Waals surface area contributed by atoms with Crippen LogP contribution in [0.3, 0.4) is 0 Å². The maximum absolute atomic E-state index is 6.01. The lowest BCUT2D eigenvalue weighted by molar-refractivity contribution is 0.0715. The molecule has 0 aromatic carbocycles. The Hall–Kier alpha value is -0.0400. The molecule has 0 heterocycles. The third-order valence-electron chi connectivity index (χ3n) is 10.8. The average Bonchev–Trinajstić information content (AvgIpc) is 3.14. The Morgan fingerprint density at radius 1 is 0.774 bits per heavy atom. The van der Waals surface area contributed by atoms with Crippen LogP contribution in [0.4, 0.5) is 0 Å². The molecule has 0 saturated heterocycles. The minimum Gasteiger partial charge on any atom is -0.330 e. The predicted molar refractivity (Wildman–Crippen MR) is 137 cm³/mol. The van der Waals surface area contributed by atoms with Crippen molar-refractivity contribution in [2.45, 2.75) is 119 Å². The second-order valence-corrected chi connectivity index (χ2v) is 13.0. The molecule has 0 amide bonds. The zero-order valence-corrected chi connectivity index (χ0v) is 22.1. The van der Waals surface area contributed by atoms with Crippen LogP contribution in [0.1, 0.15) is 119 Å². The third-order valence-corrected chi connectivity index (χ3v) is 10.8. The van der Waals surface area contributed by atoms with Gasteiger partial charge in [-0.1, -0.05) is 54.4 Å². The molecule has 0 aromatic rings. The zero-order chi connectivity index (χ0) is 22.5. The molecule has 3 aliphatic rings. The molecule has 3 aliphatic carbocycles. The molecule has 1 nitrogen and oxygen atoms in total. The lowest BCUT2D eigenvalue weighted by Crippen LogP contribution is -2.35. The van der Waals surface area contributed by atoms with Gasteiger partial charge >= 0.3 is 0 Å². The summed E-state index contributed by atoms with van der Waals surface area (Å²) in [7, 11) is 0. The molecule has 1 heteroatoms. The van der Waals surface area contributed by atoms with Gasteiger partial charge in [-0.05, 0) is 136 Å². The first-order valence-corrected chi connectivity index (χ1v) is 14.6. The second kappa shape index (κ2) is 11.9. The van der Waals surface area contributed by atoms with Crippen molar-refractivity contribution in [2.24, 2.45) is 70.8 Å². The van der Waals surface area contributed by atoms with Gasteiger partial charge < -0.3 is 5.73 Å². The Kier molecular flexibility index (Phi) is 9.82. The average molecular weight is 432 g/mol. The highest BCUT2D eigenvalue weighted by Crippen LogP contribution is 2.53. The Balaban J connectivity index is 1.53. The van der Waals surface area contributed by atoms with E-state index in [9.17, 15) is 0 Å². The first-order valence-electron chi connectivity index (χ1n) is 14.6. The van der Waals surface area contributed by atoms with E-state index in [0.717, 1.165) is 71.6 Å². The van der Waals surface area contributed by atoms with Gasteiger partial charge in [0.25, 0.3) is 0 Å². The number of hydrogen-bond acceptors (Lipinski definition) is 1. The van der Waals surface area contributed by atoms with E-state index in [1.165, 1.54) is 51.4 Å². The molecule has 31 heavy (non-hydrogen) atoms. The molecule has 2 N–H and O–H groups in total. The summed E-state index contributed by atoms with van der Waals surface area (Å²) in [6.45, 7) is 15.7. The van der Waals surface area contributed by atoms with E-state index in [1.807, 2.05) is 0 Å². The summed E-state index contributed by atoms with van der Waals surface area (Å²) in [5.41, 5.74) is 6.01. The predicted octanol–water partition coefficient (Wildman–Crippen LogP) is 8.56. The summed E-state index contributed by atoms with van der Waals surface area (Å²) in [6, 6.07) is 0. The normalized spacial score (nSPS) is 39.8. The van der Waals surface area contributed by atoms with Gasteiger partial charge in [0.15, 0.2) is 0 Å². The maximum Gasteiger partial charge on any atom is -0.00745 e. The highest BCUT2D eigenvalue weighted by atomic mass is 14.5. The fourth-order valence-electron chi connectivity index (χ4n) is 8.75. The first kappa shape index (κ1) is 25.6. The van der Waals surface area contributed by atoms with E-state index in [1.54, 1.807) is 25.7 Å². The molecule has 182 valence electrons. The van der Waals surface area contributed by atoms with E-state index in [2.05, 4.69) is 41.5 Å². The van der Waals surface area contributed by atoms with E-state index < -0.39 is 0 Å². The number of hydrogen-bond donors (Lipinski definition) is 1. The van der Waals surface area contributed by atoms with E-state index in [0.29, 0.717) is 0 Å². The summed E-state index contributed by atoms with van der Waals surface area (Å²) in [4.78, 5) is 0. The molecule has 3 rings (SSSR count). The van der Waals surface area contributed by atoms with E-state index >= 15 is 0 Å². The Morgan fingerprint density at radius 2 is 1.45 bits per heavy atom. The second-order valence-electron chi connectivity index (χ2n) is 13.0. The highest BCUT2D eigenvalue weighted by Gasteiger charge is 2.43. The van der Waals surface area contributed by atoms with Crippen molar-refractivity contribution in [3.05, 3.63) is 0 Å². The molecule has 9 atom stereocenters. The fourth-order valence-corrected chi connectivity index (χ4v) is 8.75. The summed E-state index contributed by atoms with van der Waals surface area (Å²) in [5.74, 6) is 10.6. The van der Waals surface area contributed by atoms with Gasteiger partial charge in [0.1, 0.15) is 0 Å². The van der Waals surface area contributed by atoms with Gasteiger partial charge in [0.2, 0.25) is 0 Å². The monoisotopic (exact) mass is 431 g/mol. The van der Waals surface area contributed by atoms with Crippen LogP contribution in [0.5, 0.6) is 0 Å². The van der Waals surface area contributed by atoms with Crippen LogP contribution in [0.15, 0.2) is 0 Å². The van der Waals surface area contributed by atoms with Crippen molar-refractivity contribution >= 4 is 0 Å². The van der Waals surface area contributed by atoms with E-state index in [-0.39, 0.29) is 0 Å². The molecule has 9 unspecified atom stereocenters. The largest absolute Gasteiger partial charge is 0.330 e. The summed E-state index contributed by atoms with van der Waals surface area (Å²) in [5, 5.41) is 0. The topological polar surface area (TPSA) is 26.0 Å². The molecule has 0 aliphatic heterocycles. The van der Waals surface area contributed by atoms with Crippen LogP contribution in [-0.4, -0.2) is 6.54 Å². The van der Waals surface area contributed by atoms with Crippen molar-refractivity contribution in [3.8, 4) is 0 Å². The minimum atomic E-state index is 0.846. The lowest BCUT2D eigenvalue weighted by Gasteiger charge is -2.43. The van der Waals surface area contributed by atoms with Crippen LogP contribution in [0, 0.1) is 65.1 Å². The van der Waals surface area contributed by atoms with Crippen molar-refractivity contribution in [1.82, 2.24) is 0 Å². The summed E-state index contributed by atoms with van der Waals surface area (Å²) >= 11 is 0. The lowest BCUT2D eigenvalue weighted by atomic mass is 9.62. The maximum atomic E-state index is 6.01. The molecule has 0 bridgehead atoms. The summed E-state index contributed by atoms with van der Waals surface area (Å²) < 4.78 is 0. The zero-order valence-electron chi connectivity index (χ0n) is 22.1. The molecule has 0 aromatic heterocycles. The van der Waals surface area contributed by atoms with Crippen molar-refractivity contribution < 1.29 is 0 Å². The number of fused-ring (bicyclic) bond motifs is 1. The highest BCUT2D eigenvalue weighted by molar-refractivity contribution is 4.93. The Morgan fingerprint density at radius 3 is 2.06 bits per heavy atom. The van der Waals surface area contributed by atoms with Gasteiger partial charge in [0.05, 0.1) is 0 Å². The fraction of sp³-hybridized carbons (Fsp3) is 1.00. The van der Waals surface area contributed by atoms with Gasteiger partial charge in [-0.3, -0.25) is 0 Å². The van der Waals surface area contributed by atoms with Gasteiger partial charge in [0, 0.05) is 0 Å². The minimum absolute atomic E-state index is 0.846. The van der Waals surface area contributed by atoms with Gasteiger partial charge in [-0.2, -0.15) is 0 Å². The smallest absolute Gasteiger partial charge is 0.00745 e. The Bertz CT molecular complexity index is 511. The molecular formula is C30H57N. The van der Waals surface area contributed by atoms with Crippen LogP contribution >= 0.6 is 0 Å². The number of nitrogens with two attached hydrogens (primary N) is 1. The standard InChI is InChI=1S/C30H57N/c1-7-8-29(21(4)5)26-13-14-30-23(10-12-27(30)19-26)9-11-24-17-28(20(2)3)18-25(15-16-31)22(24)6/h20-30H,7-19,31H2,1-6H3.